The Morgan fingerprint density at radius 2 is 1.22 bits per heavy atom. The monoisotopic (exact) mass is 226 g/mol. The van der Waals surface area contributed by atoms with Crippen molar-refractivity contribution >= 4 is 27.8 Å². The Morgan fingerprint density at radius 3 is 1.78 bits per heavy atom. The predicted octanol–water partition coefficient (Wildman–Crippen LogP) is 0.992. The summed E-state index contributed by atoms with van der Waals surface area (Å²) in [6, 6.07) is 16.0. The maximum atomic E-state index is 11.2. The van der Waals surface area contributed by atoms with Crippen molar-refractivity contribution in [3.8, 4) is 0 Å². The summed E-state index contributed by atoms with van der Waals surface area (Å²) in [5, 5.41) is 4.29. The summed E-state index contributed by atoms with van der Waals surface area (Å²) in [4.78, 5) is 11.2. The molecule has 0 aliphatic carbocycles. The first-order valence-corrected chi connectivity index (χ1v) is 5.53. The first-order valence-electron chi connectivity index (χ1n) is 5.53. The third-order valence-corrected chi connectivity index (χ3v) is 3.20. The molecular formula is C16H11LiO. The molecule has 0 saturated heterocycles. The Bertz CT molecular complexity index is 732. The fourth-order valence-electron chi connectivity index (χ4n) is 2.38. The standard InChI is InChI=1S/C16H11O.Li/c1-11-12-6-2-3-7-13(12)14-8-4-5-9-15(14)16(11)10-17;/h2-10H,1H2;/q-1;+1. The van der Waals surface area contributed by atoms with E-state index >= 15 is 0 Å². The summed E-state index contributed by atoms with van der Waals surface area (Å²) in [5.74, 6) is 0. The van der Waals surface area contributed by atoms with Crippen LogP contribution in [0.2, 0.25) is 0 Å². The van der Waals surface area contributed by atoms with Crippen molar-refractivity contribution in [2.24, 2.45) is 0 Å². The minimum Gasteiger partial charge on any atom is -0.312 e. The number of carbonyl (C=O) groups excluding carboxylic acids is 1. The smallest absolute Gasteiger partial charge is 0.312 e. The molecule has 0 saturated carbocycles. The summed E-state index contributed by atoms with van der Waals surface area (Å²) >= 11 is 0. The maximum absolute atomic E-state index is 11.2. The molecular weight excluding hydrogens is 215 g/mol. The first-order chi connectivity index (χ1) is 8.33. The molecule has 3 aromatic rings. The second-order valence-electron chi connectivity index (χ2n) is 4.10. The van der Waals surface area contributed by atoms with Crippen molar-refractivity contribution in [1.82, 2.24) is 0 Å². The Kier molecular flexibility index (Phi) is 3.47. The summed E-state index contributed by atoms with van der Waals surface area (Å²) in [6.45, 7) is 4.04. The summed E-state index contributed by atoms with van der Waals surface area (Å²) < 4.78 is 0. The summed E-state index contributed by atoms with van der Waals surface area (Å²) in [7, 11) is 0. The van der Waals surface area contributed by atoms with Gasteiger partial charge in [-0.05, 0) is 5.39 Å². The molecule has 0 unspecified atom stereocenters. The predicted molar refractivity (Wildman–Crippen MR) is 71.3 cm³/mol. The van der Waals surface area contributed by atoms with E-state index in [1.807, 2.05) is 42.5 Å². The van der Waals surface area contributed by atoms with Crippen LogP contribution in [0.4, 0.5) is 0 Å². The van der Waals surface area contributed by atoms with Crippen molar-refractivity contribution in [1.29, 1.82) is 0 Å². The number of hydrogen-bond acceptors (Lipinski definition) is 1. The fraction of sp³-hybridized carbons (Fsp3) is 0. The van der Waals surface area contributed by atoms with Crippen LogP contribution in [0.5, 0.6) is 0 Å². The van der Waals surface area contributed by atoms with E-state index in [1.54, 1.807) is 0 Å². The van der Waals surface area contributed by atoms with E-state index < -0.39 is 0 Å². The van der Waals surface area contributed by atoms with Gasteiger partial charge in [0.15, 0.2) is 0 Å². The molecule has 0 spiro atoms. The van der Waals surface area contributed by atoms with E-state index in [2.05, 4.69) is 13.0 Å². The Hall–Kier alpha value is -1.68. The summed E-state index contributed by atoms with van der Waals surface area (Å²) in [6.07, 6.45) is 0.900. The van der Waals surface area contributed by atoms with E-state index in [4.69, 9.17) is 0 Å². The van der Waals surface area contributed by atoms with Crippen LogP contribution >= 0.6 is 0 Å². The van der Waals surface area contributed by atoms with Crippen LogP contribution in [0.3, 0.4) is 0 Å². The van der Waals surface area contributed by atoms with Crippen LogP contribution in [0.25, 0.3) is 21.5 Å². The molecule has 0 amide bonds. The molecule has 0 aromatic heterocycles. The Balaban J connectivity index is 0.00000120. The van der Waals surface area contributed by atoms with Gasteiger partial charge in [-0.1, -0.05) is 58.8 Å². The molecule has 3 rings (SSSR count). The van der Waals surface area contributed by atoms with Crippen molar-refractivity contribution in [3.05, 3.63) is 66.6 Å². The van der Waals surface area contributed by atoms with Crippen LogP contribution in [0, 0.1) is 6.92 Å². The van der Waals surface area contributed by atoms with Gasteiger partial charge in [0.1, 0.15) is 0 Å². The Labute approximate surface area is 118 Å². The van der Waals surface area contributed by atoms with Gasteiger partial charge in [-0.25, -0.2) is 0 Å². The van der Waals surface area contributed by atoms with Crippen molar-refractivity contribution in [2.45, 2.75) is 0 Å². The van der Waals surface area contributed by atoms with Crippen LogP contribution in [0.1, 0.15) is 15.9 Å². The van der Waals surface area contributed by atoms with Crippen molar-refractivity contribution in [3.63, 3.8) is 0 Å². The van der Waals surface area contributed by atoms with Crippen LogP contribution in [0.15, 0.2) is 48.5 Å². The number of fused-ring (bicyclic) bond motifs is 3. The molecule has 0 atom stereocenters. The molecule has 0 radical (unpaired) electrons. The molecule has 82 valence electrons. The Morgan fingerprint density at radius 1 is 0.778 bits per heavy atom. The fourth-order valence-corrected chi connectivity index (χ4v) is 2.38. The largest absolute Gasteiger partial charge is 1.00 e. The van der Waals surface area contributed by atoms with Crippen LogP contribution in [-0.2, 0) is 0 Å². The zero-order chi connectivity index (χ0) is 11.8. The molecule has 1 nitrogen and oxygen atoms in total. The van der Waals surface area contributed by atoms with E-state index in [-0.39, 0.29) is 18.9 Å². The second-order valence-corrected chi connectivity index (χ2v) is 4.10. The van der Waals surface area contributed by atoms with E-state index in [0.717, 1.165) is 33.4 Å². The third-order valence-electron chi connectivity index (χ3n) is 3.20. The van der Waals surface area contributed by atoms with Crippen molar-refractivity contribution in [2.75, 3.05) is 0 Å². The number of carbonyl (C=O) groups is 1. The van der Waals surface area contributed by atoms with Gasteiger partial charge in [0.2, 0.25) is 0 Å². The number of hydrogen-bond donors (Lipinski definition) is 0. The minimum atomic E-state index is 0. The van der Waals surface area contributed by atoms with E-state index in [0.29, 0.717) is 5.56 Å². The van der Waals surface area contributed by atoms with Crippen LogP contribution < -0.4 is 18.9 Å². The topological polar surface area (TPSA) is 17.1 Å². The molecule has 2 heteroatoms. The SMILES string of the molecule is [CH2-]c1c(C=O)c2ccccc2c2ccccc12.[Li+]. The summed E-state index contributed by atoms with van der Waals surface area (Å²) in [5.41, 5.74) is 1.51. The quantitative estimate of drug-likeness (QED) is 0.262. The molecule has 0 N–H and O–H groups in total. The van der Waals surface area contributed by atoms with Gasteiger partial charge in [-0.2, -0.15) is 12.5 Å². The average molecular weight is 226 g/mol. The van der Waals surface area contributed by atoms with Gasteiger partial charge in [0.05, 0.1) is 6.29 Å². The molecule has 0 aliphatic heterocycles. The zero-order valence-corrected chi connectivity index (χ0v) is 10.3. The zero-order valence-electron chi connectivity index (χ0n) is 10.3. The van der Waals surface area contributed by atoms with Gasteiger partial charge in [-0.15, -0.1) is 11.5 Å². The van der Waals surface area contributed by atoms with Gasteiger partial charge in [-0.3, -0.25) is 0 Å². The van der Waals surface area contributed by atoms with Gasteiger partial charge in [0.25, 0.3) is 0 Å². The van der Waals surface area contributed by atoms with E-state index in [1.165, 1.54) is 0 Å². The van der Waals surface area contributed by atoms with Gasteiger partial charge in [0, 0.05) is 0 Å². The van der Waals surface area contributed by atoms with Gasteiger partial charge >= 0.3 is 18.9 Å². The molecule has 0 bridgehead atoms. The molecule has 18 heavy (non-hydrogen) atoms. The first kappa shape index (κ1) is 12.8. The van der Waals surface area contributed by atoms with E-state index in [9.17, 15) is 4.79 Å². The number of aldehydes is 1. The molecule has 0 heterocycles. The van der Waals surface area contributed by atoms with Crippen LogP contribution in [-0.4, -0.2) is 6.29 Å². The minimum absolute atomic E-state index is 0. The van der Waals surface area contributed by atoms with Crippen molar-refractivity contribution < 1.29 is 23.7 Å². The number of benzene rings is 3. The second kappa shape index (κ2) is 4.90. The molecule has 0 aliphatic rings. The normalized spacial score (nSPS) is 10.2. The third kappa shape index (κ3) is 1.73. The number of rotatable bonds is 1. The average Bonchev–Trinajstić information content (AvgIpc) is 2.40. The molecule has 3 aromatic carbocycles. The molecule has 0 fully saturated rings. The maximum Gasteiger partial charge on any atom is 1.00 e. The van der Waals surface area contributed by atoms with Gasteiger partial charge < -0.3 is 4.79 Å².